The fourth-order valence-corrected chi connectivity index (χ4v) is 2.51. The van der Waals surface area contributed by atoms with Gasteiger partial charge in [0.15, 0.2) is 11.5 Å². The van der Waals surface area contributed by atoms with Gasteiger partial charge in [-0.15, -0.1) is 0 Å². The first-order valence-electron chi connectivity index (χ1n) is 8.03. The van der Waals surface area contributed by atoms with Crippen LogP contribution in [0.3, 0.4) is 0 Å². The normalized spacial score (nSPS) is 10.5. The summed E-state index contributed by atoms with van der Waals surface area (Å²) < 4.78 is 7.04. The van der Waals surface area contributed by atoms with E-state index in [1.54, 1.807) is 53.4 Å². The Balaban J connectivity index is 1.90. The van der Waals surface area contributed by atoms with Crippen LogP contribution < -0.4 is 10.6 Å². The molecule has 0 fully saturated rings. The zero-order valence-electron chi connectivity index (χ0n) is 14.0. The maximum absolute atomic E-state index is 12.4. The molecule has 0 spiro atoms. The van der Waals surface area contributed by atoms with E-state index in [1.807, 2.05) is 6.92 Å². The van der Waals surface area contributed by atoms with Crippen LogP contribution in [-0.4, -0.2) is 34.7 Å². The molecule has 2 heterocycles. The molecule has 3 rings (SSSR count). The first kappa shape index (κ1) is 17.8. The molecule has 2 amide bonds. The van der Waals surface area contributed by atoms with Gasteiger partial charge in [0.1, 0.15) is 5.69 Å². The predicted octanol–water partition coefficient (Wildman–Crippen LogP) is 2.65. The van der Waals surface area contributed by atoms with Gasteiger partial charge in [-0.05, 0) is 43.3 Å². The lowest BCUT2D eigenvalue weighted by atomic mass is 10.2. The largest absolute Gasteiger partial charge is 0.463 e. The molecule has 134 valence electrons. The zero-order valence-corrected chi connectivity index (χ0v) is 14.8. The molecule has 0 aliphatic heterocycles. The molecule has 0 saturated carbocycles. The van der Waals surface area contributed by atoms with Gasteiger partial charge in [-0.3, -0.25) is 9.59 Å². The smallest absolute Gasteiger partial charge is 0.272 e. The summed E-state index contributed by atoms with van der Waals surface area (Å²) in [4.78, 5) is 23.9. The van der Waals surface area contributed by atoms with Crippen molar-refractivity contribution in [2.75, 3.05) is 13.1 Å². The highest BCUT2D eigenvalue weighted by Gasteiger charge is 2.18. The summed E-state index contributed by atoms with van der Waals surface area (Å²) in [5.41, 5.74) is 1.51. The first-order chi connectivity index (χ1) is 12.6. The molecule has 2 aromatic heterocycles. The van der Waals surface area contributed by atoms with Crippen LogP contribution in [0.1, 0.15) is 17.4 Å². The van der Waals surface area contributed by atoms with Crippen LogP contribution >= 0.6 is 11.6 Å². The van der Waals surface area contributed by atoms with Gasteiger partial charge < -0.3 is 15.1 Å². The summed E-state index contributed by atoms with van der Waals surface area (Å²) in [6, 6.07) is 12.2. The minimum atomic E-state index is -0.447. The number of furan rings is 1. The Hall–Kier alpha value is -3.06. The molecule has 8 heteroatoms. The number of halogens is 1. The second-order valence-electron chi connectivity index (χ2n) is 5.42. The van der Waals surface area contributed by atoms with Crippen molar-refractivity contribution in [3.63, 3.8) is 0 Å². The molecule has 26 heavy (non-hydrogen) atoms. The summed E-state index contributed by atoms with van der Waals surface area (Å²) in [6.45, 7) is 2.20. The molecule has 0 aliphatic carbocycles. The summed E-state index contributed by atoms with van der Waals surface area (Å²) >= 11 is 5.94. The van der Waals surface area contributed by atoms with Crippen LogP contribution in [0.15, 0.2) is 53.1 Å². The van der Waals surface area contributed by atoms with Gasteiger partial charge in [0.25, 0.3) is 5.91 Å². The van der Waals surface area contributed by atoms with Crippen LogP contribution in [0.4, 0.5) is 0 Å². The van der Waals surface area contributed by atoms with Crippen LogP contribution in [0.25, 0.3) is 17.1 Å². The summed E-state index contributed by atoms with van der Waals surface area (Å²) in [5, 5.41) is 10.1. The lowest BCUT2D eigenvalue weighted by Gasteiger charge is -2.05. The average Bonchev–Trinajstić information content (AvgIpc) is 3.30. The van der Waals surface area contributed by atoms with Gasteiger partial charge in [-0.25, -0.2) is 4.68 Å². The van der Waals surface area contributed by atoms with Crippen LogP contribution in [0.5, 0.6) is 0 Å². The Morgan fingerprint density at radius 3 is 2.62 bits per heavy atom. The van der Waals surface area contributed by atoms with E-state index in [2.05, 4.69) is 15.7 Å². The number of rotatable bonds is 6. The number of benzene rings is 1. The highest BCUT2D eigenvalue weighted by atomic mass is 35.5. The lowest BCUT2D eigenvalue weighted by molar-refractivity contribution is -0.120. The second kappa shape index (κ2) is 7.88. The number of likely N-dealkylation sites (N-methyl/N-ethyl adjacent to an activating group) is 1. The fourth-order valence-electron chi connectivity index (χ4n) is 2.38. The van der Waals surface area contributed by atoms with Crippen LogP contribution in [0, 0.1) is 0 Å². The molecule has 7 nitrogen and oxygen atoms in total. The highest BCUT2D eigenvalue weighted by molar-refractivity contribution is 6.30. The number of aromatic nitrogens is 2. The SMILES string of the molecule is CCNC(=O)CNC(=O)c1cc(-c2ccco2)n(-c2ccc(Cl)cc2)n1. The standard InChI is InChI=1S/C18H17ClN4O3/c1-2-20-17(24)11-21-18(25)14-10-15(16-4-3-9-26-16)23(22-14)13-7-5-12(19)6-8-13/h3-10H,2,11H2,1H3,(H,20,24)(H,21,25). The Morgan fingerprint density at radius 2 is 1.96 bits per heavy atom. The molecule has 0 atom stereocenters. The maximum atomic E-state index is 12.4. The van der Waals surface area contributed by atoms with Gasteiger partial charge in [-0.2, -0.15) is 5.10 Å². The van der Waals surface area contributed by atoms with E-state index in [1.165, 1.54) is 0 Å². The number of nitrogens with one attached hydrogen (secondary N) is 2. The van der Waals surface area contributed by atoms with E-state index in [9.17, 15) is 9.59 Å². The van der Waals surface area contributed by atoms with Gasteiger partial charge in [-0.1, -0.05) is 11.6 Å². The minimum Gasteiger partial charge on any atom is -0.463 e. The second-order valence-corrected chi connectivity index (χ2v) is 5.85. The quantitative estimate of drug-likeness (QED) is 0.696. The number of nitrogens with zero attached hydrogens (tertiary/aromatic N) is 2. The molecular weight excluding hydrogens is 356 g/mol. The predicted molar refractivity (Wildman–Crippen MR) is 97.3 cm³/mol. The topological polar surface area (TPSA) is 89.2 Å². The zero-order chi connectivity index (χ0) is 18.5. The van der Waals surface area contributed by atoms with E-state index >= 15 is 0 Å². The first-order valence-corrected chi connectivity index (χ1v) is 8.41. The number of hydrogen-bond acceptors (Lipinski definition) is 4. The van der Waals surface area contributed by atoms with Gasteiger partial charge in [0.05, 0.1) is 18.5 Å². The van der Waals surface area contributed by atoms with Crippen molar-refractivity contribution in [1.29, 1.82) is 0 Å². The molecule has 0 unspecified atom stereocenters. The Bertz CT molecular complexity index is 901. The lowest BCUT2D eigenvalue weighted by Crippen LogP contribution is -2.36. The van der Waals surface area contributed by atoms with Crippen molar-refractivity contribution in [3.05, 3.63) is 59.4 Å². The van der Waals surface area contributed by atoms with E-state index in [4.69, 9.17) is 16.0 Å². The Labute approximate surface area is 154 Å². The third-order valence-electron chi connectivity index (χ3n) is 3.57. The third-order valence-corrected chi connectivity index (χ3v) is 3.82. The van der Waals surface area contributed by atoms with Gasteiger partial charge in [0, 0.05) is 17.6 Å². The van der Waals surface area contributed by atoms with E-state index in [0.717, 1.165) is 5.69 Å². The number of amides is 2. The molecule has 3 aromatic rings. The molecular formula is C18H17ClN4O3. The average molecular weight is 373 g/mol. The maximum Gasteiger partial charge on any atom is 0.272 e. The number of hydrogen-bond donors (Lipinski definition) is 2. The highest BCUT2D eigenvalue weighted by Crippen LogP contribution is 2.25. The molecule has 0 radical (unpaired) electrons. The fraction of sp³-hybridized carbons (Fsp3) is 0.167. The van der Waals surface area contributed by atoms with Gasteiger partial charge >= 0.3 is 0 Å². The molecule has 0 bridgehead atoms. The van der Waals surface area contributed by atoms with E-state index in [0.29, 0.717) is 23.0 Å². The Morgan fingerprint density at radius 1 is 1.19 bits per heavy atom. The summed E-state index contributed by atoms with van der Waals surface area (Å²) in [7, 11) is 0. The van der Waals surface area contributed by atoms with Crippen molar-refractivity contribution in [2.24, 2.45) is 0 Å². The van der Waals surface area contributed by atoms with Crippen molar-refractivity contribution in [2.45, 2.75) is 6.92 Å². The van der Waals surface area contributed by atoms with Crippen molar-refractivity contribution in [3.8, 4) is 17.1 Å². The van der Waals surface area contributed by atoms with Gasteiger partial charge in [0.2, 0.25) is 5.91 Å². The van der Waals surface area contributed by atoms with Crippen molar-refractivity contribution < 1.29 is 14.0 Å². The minimum absolute atomic E-state index is 0.115. The monoisotopic (exact) mass is 372 g/mol. The molecule has 1 aromatic carbocycles. The van der Waals surface area contributed by atoms with Crippen LogP contribution in [-0.2, 0) is 4.79 Å². The Kier molecular flexibility index (Phi) is 5.38. The molecule has 0 saturated heterocycles. The van der Waals surface area contributed by atoms with E-state index in [-0.39, 0.29) is 18.1 Å². The summed E-state index contributed by atoms with van der Waals surface area (Å²) in [5.74, 6) is -0.142. The molecule has 2 N–H and O–H groups in total. The van der Waals surface area contributed by atoms with Crippen molar-refractivity contribution in [1.82, 2.24) is 20.4 Å². The number of carbonyl (C=O) groups is 2. The number of carbonyl (C=O) groups excluding carboxylic acids is 2. The van der Waals surface area contributed by atoms with Crippen LogP contribution in [0.2, 0.25) is 5.02 Å². The third kappa shape index (κ3) is 3.94. The van der Waals surface area contributed by atoms with Crippen molar-refractivity contribution >= 4 is 23.4 Å². The molecule has 0 aliphatic rings. The van der Waals surface area contributed by atoms with E-state index < -0.39 is 5.91 Å². The summed E-state index contributed by atoms with van der Waals surface area (Å²) in [6.07, 6.45) is 1.55.